The predicted molar refractivity (Wildman–Crippen MR) is 200 cm³/mol. The molecule has 2 aromatic heterocycles. The van der Waals surface area contributed by atoms with Crippen molar-refractivity contribution in [2.45, 2.75) is 0 Å². The smallest absolute Gasteiger partial charge is 0.101 e. The summed E-state index contributed by atoms with van der Waals surface area (Å²) in [6.07, 6.45) is 0. The van der Waals surface area contributed by atoms with Gasteiger partial charge in [0.25, 0.3) is 0 Å². The molecule has 2 heterocycles. The van der Waals surface area contributed by atoms with Gasteiger partial charge >= 0.3 is 0 Å². The first kappa shape index (κ1) is 28.8. The first-order chi connectivity index (χ1) is 24.7. The fourth-order valence-electron chi connectivity index (χ4n) is 7.43. The molecular formula is C45H25N5. The highest BCUT2D eigenvalue weighted by Crippen LogP contribution is 2.40. The van der Waals surface area contributed by atoms with E-state index in [1.165, 1.54) is 0 Å². The number of nitriles is 3. The average molecular weight is 636 g/mol. The SMILES string of the molecule is N#Cc1cc(-c2cccc(-c3cccc(C#N)c3-n3c4ccccc4c4cc(C#N)ccc43)c2)cc(-n2c3ccccc3c3ccccc32)c1. The van der Waals surface area contributed by atoms with E-state index in [-0.39, 0.29) is 0 Å². The Kier molecular flexibility index (Phi) is 6.56. The Hall–Kier alpha value is -7.39. The molecule has 0 aliphatic rings. The normalized spacial score (nSPS) is 11.1. The van der Waals surface area contributed by atoms with Crippen LogP contribution in [-0.4, -0.2) is 9.13 Å². The van der Waals surface area contributed by atoms with E-state index >= 15 is 0 Å². The van der Waals surface area contributed by atoms with Crippen LogP contribution >= 0.6 is 0 Å². The summed E-state index contributed by atoms with van der Waals surface area (Å²) in [6.45, 7) is 0. The summed E-state index contributed by atoms with van der Waals surface area (Å²) in [4.78, 5) is 0. The summed E-state index contributed by atoms with van der Waals surface area (Å²) in [6, 6.07) is 57.8. The molecular weight excluding hydrogens is 611 g/mol. The minimum absolute atomic E-state index is 0.542. The first-order valence-corrected chi connectivity index (χ1v) is 16.3. The standard InChI is InChI=1S/C45H25N5/c46-26-29-19-20-44-40(23-29)39-14-3-6-18-43(39)50(44)45-33(28-48)11-8-15-36(45)32-10-7-9-31(24-32)34-21-30(27-47)22-35(25-34)49-41-16-4-1-12-37(41)38-13-2-5-17-42(38)49/h1-25H. The van der Waals surface area contributed by atoms with Crippen molar-refractivity contribution < 1.29 is 0 Å². The van der Waals surface area contributed by atoms with Crippen LogP contribution in [0.4, 0.5) is 0 Å². The fourth-order valence-corrected chi connectivity index (χ4v) is 7.43. The number of aromatic nitrogens is 2. The quantitative estimate of drug-likeness (QED) is 0.193. The van der Waals surface area contributed by atoms with Crippen molar-refractivity contribution in [3.05, 3.63) is 168 Å². The molecule has 5 heteroatoms. The van der Waals surface area contributed by atoms with Crippen molar-refractivity contribution in [2.24, 2.45) is 0 Å². The third-order valence-corrected chi connectivity index (χ3v) is 9.57. The molecule has 0 bridgehead atoms. The molecule has 0 atom stereocenters. The van der Waals surface area contributed by atoms with Gasteiger partial charge < -0.3 is 9.13 Å². The lowest BCUT2D eigenvalue weighted by Crippen LogP contribution is -2.01. The molecule has 0 amide bonds. The highest BCUT2D eigenvalue weighted by atomic mass is 15.0. The average Bonchev–Trinajstić information content (AvgIpc) is 3.70. The zero-order valence-electron chi connectivity index (χ0n) is 26.7. The monoisotopic (exact) mass is 635 g/mol. The Morgan fingerprint density at radius 3 is 1.66 bits per heavy atom. The second kappa shape index (κ2) is 11.4. The topological polar surface area (TPSA) is 81.2 Å². The molecule has 5 nitrogen and oxygen atoms in total. The van der Waals surface area contributed by atoms with Gasteiger partial charge in [0.05, 0.1) is 56.6 Å². The molecule has 230 valence electrons. The molecule has 0 saturated carbocycles. The molecule has 0 radical (unpaired) electrons. The lowest BCUT2D eigenvalue weighted by Gasteiger charge is -2.17. The van der Waals surface area contributed by atoms with Gasteiger partial charge in [0.1, 0.15) is 6.07 Å². The van der Waals surface area contributed by atoms with Crippen molar-refractivity contribution >= 4 is 43.6 Å². The van der Waals surface area contributed by atoms with E-state index in [4.69, 9.17) is 0 Å². The minimum atomic E-state index is 0.542. The zero-order valence-corrected chi connectivity index (χ0v) is 26.7. The van der Waals surface area contributed by atoms with Crippen molar-refractivity contribution in [1.82, 2.24) is 9.13 Å². The van der Waals surface area contributed by atoms with Crippen LogP contribution < -0.4 is 0 Å². The largest absolute Gasteiger partial charge is 0.309 e. The van der Waals surface area contributed by atoms with E-state index < -0.39 is 0 Å². The van der Waals surface area contributed by atoms with E-state index in [0.29, 0.717) is 16.7 Å². The maximum atomic E-state index is 10.4. The van der Waals surface area contributed by atoms with Crippen LogP contribution in [0.15, 0.2) is 152 Å². The second-order valence-electron chi connectivity index (χ2n) is 12.3. The summed E-state index contributed by atoms with van der Waals surface area (Å²) >= 11 is 0. The van der Waals surface area contributed by atoms with Crippen LogP contribution in [0.3, 0.4) is 0 Å². The number of hydrogen-bond donors (Lipinski definition) is 0. The van der Waals surface area contributed by atoms with Crippen LogP contribution in [0.5, 0.6) is 0 Å². The Balaban J connectivity index is 1.26. The molecule has 9 rings (SSSR count). The van der Waals surface area contributed by atoms with E-state index in [1.807, 2.05) is 72.8 Å². The number of hydrogen-bond acceptors (Lipinski definition) is 3. The molecule has 0 unspecified atom stereocenters. The lowest BCUT2D eigenvalue weighted by atomic mass is 9.95. The molecule has 0 fully saturated rings. The molecule has 50 heavy (non-hydrogen) atoms. The van der Waals surface area contributed by atoms with Crippen LogP contribution in [0.25, 0.3) is 77.2 Å². The Labute approximate surface area is 287 Å². The van der Waals surface area contributed by atoms with Crippen LogP contribution in [0.1, 0.15) is 16.7 Å². The summed E-state index contributed by atoms with van der Waals surface area (Å²) in [5.41, 5.74) is 11.1. The fraction of sp³-hybridized carbons (Fsp3) is 0. The Morgan fingerprint density at radius 1 is 0.380 bits per heavy atom. The number of para-hydroxylation sites is 4. The van der Waals surface area contributed by atoms with Gasteiger partial charge in [-0.25, -0.2) is 0 Å². The van der Waals surface area contributed by atoms with Crippen molar-refractivity contribution in [1.29, 1.82) is 15.8 Å². The van der Waals surface area contributed by atoms with Crippen molar-refractivity contribution in [3.8, 4) is 51.8 Å². The van der Waals surface area contributed by atoms with E-state index in [0.717, 1.165) is 77.2 Å². The van der Waals surface area contributed by atoms with Crippen LogP contribution in [0, 0.1) is 34.0 Å². The van der Waals surface area contributed by atoms with Gasteiger partial charge in [-0.05, 0) is 83.4 Å². The minimum Gasteiger partial charge on any atom is -0.309 e. The van der Waals surface area contributed by atoms with Gasteiger partial charge in [0, 0.05) is 32.8 Å². The molecule has 0 N–H and O–H groups in total. The molecule has 7 aromatic carbocycles. The highest BCUT2D eigenvalue weighted by molar-refractivity contribution is 6.11. The summed E-state index contributed by atoms with van der Waals surface area (Å²) in [5.74, 6) is 0. The van der Waals surface area contributed by atoms with Gasteiger partial charge in [-0.1, -0.05) is 84.9 Å². The second-order valence-corrected chi connectivity index (χ2v) is 12.3. The maximum absolute atomic E-state index is 10.4. The maximum Gasteiger partial charge on any atom is 0.101 e. The van der Waals surface area contributed by atoms with Gasteiger partial charge in [0.15, 0.2) is 0 Å². The van der Waals surface area contributed by atoms with E-state index in [9.17, 15) is 15.8 Å². The zero-order chi connectivity index (χ0) is 33.8. The van der Waals surface area contributed by atoms with Gasteiger partial charge in [-0.15, -0.1) is 0 Å². The van der Waals surface area contributed by atoms with Crippen LogP contribution in [0.2, 0.25) is 0 Å². The summed E-state index contributed by atoms with van der Waals surface area (Å²) in [7, 11) is 0. The Morgan fingerprint density at radius 2 is 0.980 bits per heavy atom. The predicted octanol–water partition coefficient (Wildman–Crippen LogP) is 10.8. The van der Waals surface area contributed by atoms with Crippen LogP contribution in [-0.2, 0) is 0 Å². The number of fused-ring (bicyclic) bond motifs is 6. The van der Waals surface area contributed by atoms with Gasteiger partial charge in [0.2, 0.25) is 0 Å². The first-order valence-electron chi connectivity index (χ1n) is 16.3. The Bertz CT molecular complexity index is 2920. The molecule has 0 saturated heterocycles. The summed E-state index contributed by atoms with van der Waals surface area (Å²) < 4.78 is 4.37. The molecule has 0 aliphatic carbocycles. The molecule has 0 aliphatic heterocycles. The van der Waals surface area contributed by atoms with Gasteiger partial charge in [-0.2, -0.15) is 15.8 Å². The van der Waals surface area contributed by atoms with Crippen molar-refractivity contribution in [3.63, 3.8) is 0 Å². The lowest BCUT2D eigenvalue weighted by molar-refractivity contribution is 1.17. The third kappa shape index (κ3) is 4.38. The summed E-state index contributed by atoms with van der Waals surface area (Å²) in [5, 5.41) is 34.6. The third-order valence-electron chi connectivity index (χ3n) is 9.57. The molecule has 0 spiro atoms. The number of nitrogens with zero attached hydrogens (tertiary/aromatic N) is 5. The van der Waals surface area contributed by atoms with E-state index in [2.05, 4.69) is 106 Å². The molecule has 9 aromatic rings. The van der Waals surface area contributed by atoms with Gasteiger partial charge in [-0.3, -0.25) is 0 Å². The van der Waals surface area contributed by atoms with Crippen molar-refractivity contribution in [2.75, 3.05) is 0 Å². The number of rotatable bonds is 4. The van der Waals surface area contributed by atoms with E-state index in [1.54, 1.807) is 0 Å². The highest BCUT2D eigenvalue weighted by Gasteiger charge is 2.20. The number of benzene rings is 7.